The van der Waals surface area contributed by atoms with Gasteiger partial charge < -0.3 is 0 Å². The average molecular weight is 229 g/mol. The van der Waals surface area contributed by atoms with E-state index in [-0.39, 0.29) is 22.3 Å². The summed E-state index contributed by atoms with van der Waals surface area (Å²) < 4.78 is 13.4. The van der Waals surface area contributed by atoms with E-state index in [0.717, 1.165) is 0 Å². The van der Waals surface area contributed by atoms with Crippen LogP contribution in [0.5, 0.6) is 0 Å². The Morgan fingerprint density at radius 2 is 2.00 bits per heavy atom. The molecule has 1 nitrogen and oxygen atoms in total. The summed E-state index contributed by atoms with van der Waals surface area (Å²) >= 11 is 5.82. The van der Waals surface area contributed by atoms with E-state index in [9.17, 15) is 9.18 Å². The molecule has 0 amide bonds. The molecule has 0 N–H and O–H groups in total. The fourth-order valence-electron chi connectivity index (χ4n) is 1.60. The number of carbonyl (C=O) groups is 1. The first-order chi connectivity index (χ1) is 7.11. The van der Waals surface area contributed by atoms with Gasteiger partial charge in [-0.05, 0) is 25.0 Å². The molecule has 0 aromatic heterocycles. The second kappa shape index (κ2) is 5.26. The maximum absolute atomic E-state index is 13.4. The van der Waals surface area contributed by atoms with Gasteiger partial charge in [-0.3, -0.25) is 4.79 Å². The lowest BCUT2D eigenvalue weighted by molar-refractivity contribution is 0.0909. The van der Waals surface area contributed by atoms with Crippen molar-refractivity contribution >= 4 is 17.4 Å². The third kappa shape index (κ3) is 2.57. The Labute approximate surface area is 94.3 Å². The minimum Gasteiger partial charge on any atom is -0.294 e. The van der Waals surface area contributed by atoms with E-state index in [2.05, 4.69) is 0 Å². The first-order valence-electron chi connectivity index (χ1n) is 5.10. The number of hydrogen-bond donors (Lipinski definition) is 0. The zero-order chi connectivity index (χ0) is 11.4. The summed E-state index contributed by atoms with van der Waals surface area (Å²) in [4.78, 5) is 11.9. The van der Waals surface area contributed by atoms with Crippen LogP contribution >= 0.6 is 11.6 Å². The largest absolute Gasteiger partial charge is 0.294 e. The second-order valence-corrected chi connectivity index (χ2v) is 3.88. The summed E-state index contributed by atoms with van der Waals surface area (Å²) in [5, 5.41) is 0.201. The van der Waals surface area contributed by atoms with Gasteiger partial charge in [0, 0.05) is 5.92 Å². The highest BCUT2D eigenvalue weighted by atomic mass is 35.5. The molecule has 1 rings (SSSR count). The van der Waals surface area contributed by atoms with Crippen molar-refractivity contribution in [2.75, 3.05) is 0 Å². The van der Waals surface area contributed by atoms with E-state index in [1.54, 1.807) is 6.07 Å². The summed E-state index contributed by atoms with van der Waals surface area (Å²) in [6.07, 6.45) is 1.42. The van der Waals surface area contributed by atoms with Gasteiger partial charge in [0.15, 0.2) is 5.78 Å². The summed E-state index contributed by atoms with van der Waals surface area (Å²) in [5.41, 5.74) is 0.0351. The van der Waals surface area contributed by atoms with Gasteiger partial charge in [-0.15, -0.1) is 0 Å². The van der Waals surface area contributed by atoms with Crippen molar-refractivity contribution in [1.82, 2.24) is 0 Å². The van der Waals surface area contributed by atoms with Crippen molar-refractivity contribution in [2.24, 2.45) is 5.92 Å². The molecule has 0 saturated carbocycles. The van der Waals surface area contributed by atoms with Crippen LogP contribution in [0.3, 0.4) is 0 Å². The van der Waals surface area contributed by atoms with E-state index in [1.807, 2.05) is 13.8 Å². The second-order valence-electron chi connectivity index (χ2n) is 3.47. The number of Topliss-reactive ketones (excluding diaryl/α,β-unsaturated/α-hetero) is 1. The first kappa shape index (κ1) is 12.2. The summed E-state index contributed by atoms with van der Waals surface area (Å²) in [6.45, 7) is 3.83. The maximum Gasteiger partial charge on any atom is 0.170 e. The number of halogens is 2. The highest BCUT2D eigenvalue weighted by molar-refractivity contribution is 6.34. The number of benzene rings is 1. The molecule has 0 radical (unpaired) electrons. The predicted octanol–water partition coefficient (Wildman–Crippen LogP) is 4.10. The summed E-state index contributed by atoms with van der Waals surface area (Å²) in [7, 11) is 0. The van der Waals surface area contributed by atoms with Crippen LogP contribution in [0.25, 0.3) is 0 Å². The quantitative estimate of drug-likeness (QED) is 0.710. The number of carbonyl (C=O) groups excluding carboxylic acids is 1. The van der Waals surface area contributed by atoms with Crippen molar-refractivity contribution < 1.29 is 9.18 Å². The van der Waals surface area contributed by atoms with Gasteiger partial charge in [0.05, 0.1) is 10.6 Å². The van der Waals surface area contributed by atoms with Gasteiger partial charge in [0.25, 0.3) is 0 Å². The third-order valence-electron chi connectivity index (χ3n) is 2.57. The van der Waals surface area contributed by atoms with Crippen LogP contribution in [0.4, 0.5) is 4.39 Å². The topological polar surface area (TPSA) is 17.1 Å². The molecule has 0 atom stereocenters. The molecule has 82 valence electrons. The van der Waals surface area contributed by atoms with Crippen molar-refractivity contribution in [3.8, 4) is 0 Å². The predicted molar refractivity (Wildman–Crippen MR) is 59.8 cm³/mol. The molecular weight excluding hydrogens is 215 g/mol. The molecule has 3 heteroatoms. The van der Waals surface area contributed by atoms with Crippen molar-refractivity contribution in [1.29, 1.82) is 0 Å². The zero-order valence-electron chi connectivity index (χ0n) is 8.89. The molecule has 0 saturated heterocycles. The lowest BCUT2D eigenvalue weighted by atomic mass is 9.93. The van der Waals surface area contributed by atoms with E-state index in [0.29, 0.717) is 12.8 Å². The molecule has 0 aliphatic carbocycles. The molecule has 1 aromatic carbocycles. The minimum atomic E-state index is -0.528. The molecular formula is C12H14ClFO. The Kier molecular flexibility index (Phi) is 4.28. The summed E-state index contributed by atoms with van der Waals surface area (Å²) in [6, 6.07) is 4.31. The third-order valence-corrected chi connectivity index (χ3v) is 2.88. The van der Waals surface area contributed by atoms with Crippen molar-refractivity contribution in [3.05, 3.63) is 34.6 Å². The standard InChI is InChI=1S/C12H14ClFO/c1-3-8(4-2)12(15)11-9(13)6-5-7-10(11)14/h5-8H,3-4H2,1-2H3. The van der Waals surface area contributed by atoms with Crippen LogP contribution in [0, 0.1) is 11.7 Å². The molecule has 0 aliphatic rings. The van der Waals surface area contributed by atoms with Crippen LogP contribution in [-0.4, -0.2) is 5.78 Å². The molecule has 1 aromatic rings. The Morgan fingerprint density at radius 1 is 1.40 bits per heavy atom. The van der Waals surface area contributed by atoms with Crippen LogP contribution in [0.15, 0.2) is 18.2 Å². The first-order valence-corrected chi connectivity index (χ1v) is 5.47. The average Bonchev–Trinajstić information content (AvgIpc) is 2.19. The monoisotopic (exact) mass is 228 g/mol. The fraction of sp³-hybridized carbons (Fsp3) is 0.417. The molecule has 0 fully saturated rings. The Balaban J connectivity index is 3.10. The van der Waals surface area contributed by atoms with Crippen molar-refractivity contribution in [2.45, 2.75) is 26.7 Å². The van der Waals surface area contributed by atoms with Crippen LogP contribution < -0.4 is 0 Å². The Bertz CT molecular complexity index is 338. The van der Waals surface area contributed by atoms with Crippen molar-refractivity contribution in [3.63, 3.8) is 0 Å². The van der Waals surface area contributed by atoms with E-state index in [4.69, 9.17) is 11.6 Å². The Morgan fingerprint density at radius 3 is 2.47 bits per heavy atom. The van der Waals surface area contributed by atoms with Gasteiger partial charge in [-0.25, -0.2) is 4.39 Å². The molecule has 15 heavy (non-hydrogen) atoms. The summed E-state index contributed by atoms with van der Waals surface area (Å²) in [5.74, 6) is -0.859. The van der Waals surface area contributed by atoms with Crippen LogP contribution in [0.2, 0.25) is 5.02 Å². The number of rotatable bonds is 4. The zero-order valence-corrected chi connectivity index (χ0v) is 9.64. The van der Waals surface area contributed by atoms with Gasteiger partial charge in [0.1, 0.15) is 5.82 Å². The van der Waals surface area contributed by atoms with Gasteiger partial charge in [-0.2, -0.15) is 0 Å². The molecule has 0 heterocycles. The number of ketones is 1. The lowest BCUT2D eigenvalue weighted by Gasteiger charge is -2.12. The fourth-order valence-corrected chi connectivity index (χ4v) is 1.85. The molecule has 0 bridgehead atoms. The molecule has 0 unspecified atom stereocenters. The highest BCUT2D eigenvalue weighted by Gasteiger charge is 2.21. The maximum atomic E-state index is 13.4. The lowest BCUT2D eigenvalue weighted by Crippen LogP contribution is -2.15. The minimum absolute atomic E-state index is 0.0351. The van der Waals surface area contributed by atoms with E-state index in [1.165, 1.54) is 12.1 Å². The SMILES string of the molecule is CCC(CC)C(=O)c1c(F)cccc1Cl. The Hall–Kier alpha value is -0.890. The van der Waals surface area contributed by atoms with E-state index >= 15 is 0 Å². The number of hydrogen-bond acceptors (Lipinski definition) is 1. The van der Waals surface area contributed by atoms with Gasteiger partial charge in [-0.1, -0.05) is 31.5 Å². The normalized spacial score (nSPS) is 10.7. The van der Waals surface area contributed by atoms with Gasteiger partial charge >= 0.3 is 0 Å². The van der Waals surface area contributed by atoms with Crippen LogP contribution in [0.1, 0.15) is 37.0 Å². The smallest absolute Gasteiger partial charge is 0.170 e. The highest BCUT2D eigenvalue weighted by Crippen LogP contribution is 2.24. The van der Waals surface area contributed by atoms with E-state index < -0.39 is 5.82 Å². The van der Waals surface area contributed by atoms with Crippen LogP contribution in [-0.2, 0) is 0 Å². The van der Waals surface area contributed by atoms with Gasteiger partial charge in [0.2, 0.25) is 0 Å². The molecule has 0 aliphatic heterocycles. The molecule has 0 spiro atoms.